The molecule has 1 aromatic heterocycles. The molecule has 0 spiro atoms. The number of aromatic nitrogens is 2. The molecule has 0 aliphatic rings. The van der Waals surface area contributed by atoms with Crippen molar-refractivity contribution >= 4 is 15.9 Å². The smallest absolute Gasteiger partial charge is 0.131 e. The average Bonchev–Trinajstić information content (AvgIpc) is 2.76. The van der Waals surface area contributed by atoms with E-state index < -0.39 is 17.7 Å². The molecule has 1 aromatic carbocycles. The number of nitrogens with zero attached hydrogens (tertiary/aromatic N) is 2. The molecular weight excluding hydrogens is 328 g/mol. The lowest BCUT2D eigenvalue weighted by molar-refractivity contribution is 0.487. The summed E-state index contributed by atoms with van der Waals surface area (Å²) in [6.45, 7) is 2.71. The molecule has 6 heteroatoms. The van der Waals surface area contributed by atoms with Crippen LogP contribution in [0.3, 0.4) is 0 Å². The zero-order chi connectivity index (χ0) is 14.7. The van der Waals surface area contributed by atoms with Crippen LogP contribution in [-0.2, 0) is 6.54 Å². The van der Waals surface area contributed by atoms with Gasteiger partial charge in [0.05, 0.1) is 22.4 Å². The highest BCUT2D eigenvalue weighted by Gasteiger charge is 2.25. The summed E-state index contributed by atoms with van der Waals surface area (Å²) >= 11 is 3.41. The van der Waals surface area contributed by atoms with Gasteiger partial charge >= 0.3 is 0 Å². The maximum absolute atomic E-state index is 14.0. The molecule has 3 nitrogen and oxygen atoms in total. The van der Waals surface area contributed by atoms with E-state index in [-0.39, 0.29) is 5.56 Å². The van der Waals surface area contributed by atoms with E-state index in [1.54, 1.807) is 17.9 Å². The maximum atomic E-state index is 14.0. The first-order valence-corrected chi connectivity index (χ1v) is 7.21. The Morgan fingerprint density at radius 2 is 2.00 bits per heavy atom. The molecular formula is C14H16BrF2N3. The highest BCUT2D eigenvalue weighted by Crippen LogP contribution is 2.31. The first kappa shape index (κ1) is 15.1. The van der Waals surface area contributed by atoms with E-state index in [1.807, 2.05) is 6.92 Å². The number of aryl methyl sites for hydroxylation is 1. The minimum atomic E-state index is -0.598. The largest absolute Gasteiger partial charge is 0.308 e. The maximum Gasteiger partial charge on any atom is 0.131 e. The van der Waals surface area contributed by atoms with Gasteiger partial charge in [-0.25, -0.2) is 8.78 Å². The lowest BCUT2D eigenvalue weighted by atomic mass is 10.0. The van der Waals surface area contributed by atoms with Gasteiger partial charge < -0.3 is 5.32 Å². The molecule has 1 atom stereocenters. The Balaban J connectivity index is 2.55. The van der Waals surface area contributed by atoms with Crippen molar-refractivity contribution in [3.63, 3.8) is 0 Å². The number of hydrogen-bond donors (Lipinski definition) is 1. The van der Waals surface area contributed by atoms with Crippen molar-refractivity contribution in [2.24, 2.45) is 0 Å². The monoisotopic (exact) mass is 343 g/mol. The molecule has 1 unspecified atom stereocenters. The Morgan fingerprint density at radius 1 is 1.35 bits per heavy atom. The number of hydrogen-bond acceptors (Lipinski definition) is 2. The standard InChI is InChI=1S/C14H16BrF2N3/c1-3-7-20-14(9(15)8-19-20)13(18-2)12-10(16)5-4-6-11(12)17/h4-6,8,13,18H,3,7H2,1-2H3. The molecule has 2 rings (SSSR count). The summed E-state index contributed by atoms with van der Waals surface area (Å²) in [4.78, 5) is 0. The van der Waals surface area contributed by atoms with Gasteiger partial charge in [0, 0.05) is 12.1 Å². The van der Waals surface area contributed by atoms with E-state index in [0.29, 0.717) is 6.54 Å². The van der Waals surface area contributed by atoms with Gasteiger partial charge in [0.15, 0.2) is 0 Å². The Kier molecular flexibility index (Phi) is 4.88. The summed E-state index contributed by atoms with van der Waals surface area (Å²) in [6.07, 6.45) is 2.53. The summed E-state index contributed by atoms with van der Waals surface area (Å²) in [5.41, 5.74) is 0.729. The third kappa shape index (κ3) is 2.76. The van der Waals surface area contributed by atoms with Crippen LogP contribution in [0.1, 0.15) is 30.6 Å². The summed E-state index contributed by atoms with van der Waals surface area (Å²) < 4.78 is 30.5. The molecule has 108 valence electrons. The predicted octanol–water partition coefficient (Wildman–Crippen LogP) is 3.64. The first-order chi connectivity index (χ1) is 9.60. The van der Waals surface area contributed by atoms with Crippen molar-refractivity contribution in [3.8, 4) is 0 Å². The number of halogens is 3. The van der Waals surface area contributed by atoms with Crippen molar-refractivity contribution in [3.05, 3.63) is 51.8 Å². The van der Waals surface area contributed by atoms with Gasteiger partial charge in [0.1, 0.15) is 11.6 Å². The van der Waals surface area contributed by atoms with Gasteiger partial charge in [0.2, 0.25) is 0 Å². The van der Waals surface area contributed by atoms with Gasteiger partial charge in [-0.05, 0) is 41.5 Å². The van der Waals surface area contributed by atoms with E-state index in [2.05, 4.69) is 26.3 Å². The van der Waals surface area contributed by atoms with Crippen molar-refractivity contribution in [1.29, 1.82) is 0 Å². The van der Waals surface area contributed by atoms with Crippen LogP contribution >= 0.6 is 15.9 Å². The summed E-state index contributed by atoms with van der Waals surface area (Å²) in [6, 6.07) is 3.29. The normalized spacial score (nSPS) is 12.7. The van der Waals surface area contributed by atoms with E-state index >= 15 is 0 Å². The highest BCUT2D eigenvalue weighted by molar-refractivity contribution is 9.10. The zero-order valence-electron chi connectivity index (χ0n) is 11.3. The Bertz CT molecular complexity index is 578. The minimum absolute atomic E-state index is 0.00792. The fourth-order valence-corrected chi connectivity index (χ4v) is 2.78. The van der Waals surface area contributed by atoms with Crippen molar-refractivity contribution in [2.45, 2.75) is 25.9 Å². The Morgan fingerprint density at radius 3 is 2.55 bits per heavy atom. The SMILES string of the molecule is CCCn1ncc(Br)c1C(NC)c1c(F)cccc1F. The zero-order valence-corrected chi connectivity index (χ0v) is 12.9. The molecule has 0 amide bonds. The fraction of sp³-hybridized carbons (Fsp3) is 0.357. The van der Waals surface area contributed by atoms with Crippen LogP contribution in [0.4, 0.5) is 8.78 Å². The van der Waals surface area contributed by atoms with E-state index in [9.17, 15) is 8.78 Å². The molecule has 0 bridgehead atoms. The highest BCUT2D eigenvalue weighted by atomic mass is 79.9. The van der Waals surface area contributed by atoms with Crippen molar-refractivity contribution < 1.29 is 8.78 Å². The molecule has 0 saturated heterocycles. The lowest BCUT2D eigenvalue weighted by Crippen LogP contribution is -2.24. The molecule has 20 heavy (non-hydrogen) atoms. The second-order valence-corrected chi connectivity index (χ2v) is 5.31. The quantitative estimate of drug-likeness (QED) is 0.898. The van der Waals surface area contributed by atoms with Crippen LogP contribution < -0.4 is 5.32 Å². The summed E-state index contributed by atoms with van der Waals surface area (Å²) in [5.74, 6) is -1.14. The number of nitrogens with one attached hydrogen (secondary N) is 1. The van der Waals surface area contributed by atoms with E-state index in [1.165, 1.54) is 18.2 Å². The number of benzene rings is 1. The van der Waals surface area contributed by atoms with Gasteiger partial charge in [-0.3, -0.25) is 4.68 Å². The topological polar surface area (TPSA) is 29.9 Å². The molecule has 0 aliphatic carbocycles. The average molecular weight is 344 g/mol. The molecule has 0 radical (unpaired) electrons. The van der Waals surface area contributed by atoms with Gasteiger partial charge in [0.25, 0.3) is 0 Å². The van der Waals surface area contributed by atoms with Crippen molar-refractivity contribution in [1.82, 2.24) is 15.1 Å². The van der Waals surface area contributed by atoms with Crippen LogP contribution in [0.25, 0.3) is 0 Å². The fourth-order valence-electron chi connectivity index (χ4n) is 2.25. The Hall–Kier alpha value is -1.27. The molecule has 0 fully saturated rings. The second-order valence-electron chi connectivity index (χ2n) is 4.46. The third-order valence-electron chi connectivity index (χ3n) is 3.12. The minimum Gasteiger partial charge on any atom is -0.308 e. The van der Waals surface area contributed by atoms with Gasteiger partial charge in [-0.15, -0.1) is 0 Å². The van der Waals surface area contributed by atoms with E-state index in [4.69, 9.17) is 0 Å². The molecule has 0 saturated carbocycles. The molecule has 2 aromatic rings. The Labute approximate surface area is 125 Å². The summed E-state index contributed by atoms with van der Waals surface area (Å²) in [5, 5.41) is 7.22. The summed E-state index contributed by atoms with van der Waals surface area (Å²) in [7, 11) is 1.67. The predicted molar refractivity (Wildman–Crippen MR) is 77.5 cm³/mol. The molecule has 1 heterocycles. The van der Waals surface area contributed by atoms with Crippen molar-refractivity contribution in [2.75, 3.05) is 7.05 Å². The molecule has 1 N–H and O–H groups in total. The third-order valence-corrected chi connectivity index (χ3v) is 3.73. The molecule has 0 aliphatic heterocycles. The second kappa shape index (κ2) is 6.45. The van der Waals surface area contributed by atoms with Crippen LogP contribution in [0.2, 0.25) is 0 Å². The number of rotatable bonds is 5. The lowest BCUT2D eigenvalue weighted by Gasteiger charge is -2.20. The van der Waals surface area contributed by atoms with E-state index in [0.717, 1.165) is 16.6 Å². The van der Waals surface area contributed by atoms with Crippen LogP contribution in [0.15, 0.2) is 28.9 Å². The first-order valence-electron chi connectivity index (χ1n) is 6.42. The van der Waals surface area contributed by atoms with Crippen LogP contribution in [0.5, 0.6) is 0 Å². The van der Waals surface area contributed by atoms with Gasteiger partial charge in [-0.2, -0.15) is 5.10 Å². The van der Waals surface area contributed by atoms with Crippen LogP contribution in [-0.4, -0.2) is 16.8 Å². The van der Waals surface area contributed by atoms with Crippen LogP contribution in [0, 0.1) is 11.6 Å². The van der Waals surface area contributed by atoms with Gasteiger partial charge in [-0.1, -0.05) is 13.0 Å².